The molecule has 3 heterocycles. The Kier molecular flexibility index (Phi) is 4.18. The highest BCUT2D eigenvalue weighted by molar-refractivity contribution is 5.83. The maximum atomic E-state index is 13.1. The summed E-state index contributed by atoms with van der Waals surface area (Å²) in [5, 5.41) is 0. The second-order valence-corrected chi connectivity index (χ2v) is 7.04. The molecule has 1 atom stereocenters. The van der Waals surface area contributed by atoms with E-state index in [0.717, 1.165) is 11.0 Å². The van der Waals surface area contributed by atoms with E-state index in [9.17, 15) is 9.59 Å². The lowest BCUT2D eigenvalue weighted by Gasteiger charge is -2.30. The van der Waals surface area contributed by atoms with Gasteiger partial charge in [-0.1, -0.05) is 12.1 Å². The normalized spacial score (nSPS) is 14.9. The lowest BCUT2D eigenvalue weighted by atomic mass is 10.1. The SMILES string of the molecule is C[C@H](C(=O)N1CCc2c(nc(N(C)C)[nH]c2=O)C1)n1cnc2ccccc21. The van der Waals surface area contributed by atoms with E-state index in [4.69, 9.17) is 0 Å². The van der Waals surface area contributed by atoms with Crippen molar-refractivity contribution in [2.24, 2.45) is 0 Å². The van der Waals surface area contributed by atoms with Crippen LogP contribution in [0.15, 0.2) is 35.4 Å². The van der Waals surface area contributed by atoms with Crippen molar-refractivity contribution >= 4 is 22.9 Å². The van der Waals surface area contributed by atoms with Gasteiger partial charge in [-0.15, -0.1) is 0 Å². The zero-order valence-corrected chi connectivity index (χ0v) is 15.6. The van der Waals surface area contributed by atoms with Crippen molar-refractivity contribution in [1.82, 2.24) is 24.4 Å². The molecule has 0 unspecified atom stereocenters. The number of nitrogens with one attached hydrogen (secondary N) is 1. The lowest BCUT2D eigenvalue weighted by Crippen LogP contribution is -2.42. The first-order valence-electron chi connectivity index (χ1n) is 8.95. The Morgan fingerprint density at radius 3 is 2.85 bits per heavy atom. The third-order valence-corrected chi connectivity index (χ3v) is 5.05. The molecule has 0 fully saturated rings. The summed E-state index contributed by atoms with van der Waals surface area (Å²) >= 11 is 0. The smallest absolute Gasteiger partial charge is 0.255 e. The number of amides is 1. The predicted molar refractivity (Wildman–Crippen MR) is 103 cm³/mol. The van der Waals surface area contributed by atoms with Crippen LogP contribution in [-0.4, -0.2) is 51.0 Å². The molecule has 0 saturated carbocycles. The molecule has 0 spiro atoms. The van der Waals surface area contributed by atoms with E-state index >= 15 is 0 Å². The Balaban J connectivity index is 1.61. The molecule has 0 saturated heterocycles. The van der Waals surface area contributed by atoms with Gasteiger partial charge in [-0.3, -0.25) is 14.6 Å². The quantitative estimate of drug-likeness (QED) is 0.756. The van der Waals surface area contributed by atoms with Crippen molar-refractivity contribution < 1.29 is 4.79 Å². The molecule has 8 heteroatoms. The summed E-state index contributed by atoms with van der Waals surface area (Å²) in [6, 6.07) is 7.38. The number of anilines is 1. The molecule has 4 rings (SSSR count). The van der Waals surface area contributed by atoms with Crippen molar-refractivity contribution in [3.63, 3.8) is 0 Å². The monoisotopic (exact) mass is 366 g/mol. The van der Waals surface area contributed by atoms with E-state index in [1.807, 2.05) is 49.9 Å². The molecular formula is C19H22N6O2. The van der Waals surface area contributed by atoms with E-state index < -0.39 is 0 Å². The van der Waals surface area contributed by atoms with Gasteiger partial charge in [0, 0.05) is 26.2 Å². The zero-order chi connectivity index (χ0) is 19.1. The Bertz CT molecular complexity index is 1070. The van der Waals surface area contributed by atoms with Crippen LogP contribution in [0.3, 0.4) is 0 Å². The Labute approximate surface area is 156 Å². The molecule has 1 aliphatic heterocycles. The van der Waals surface area contributed by atoms with Crippen molar-refractivity contribution in [2.75, 3.05) is 25.5 Å². The average Bonchev–Trinajstić information content (AvgIpc) is 3.10. The van der Waals surface area contributed by atoms with Gasteiger partial charge in [-0.2, -0.15) is 0 Å². The van der Waals surface area contributed by atoms with Crippen molar-refractivity contribution in [2.45, 2.75) is 25.9 Å². The predicted octanol–water partition coefficient (Wildman–Crippen LogP) is 1.33. The number of benzene rings is 1. The molecule has 1 amide bonds. The number of hydrogen-bond acceptors (Lipinski definition) is 5. The molecule has 1 aromatic carbocycles. The van der Waals surface area contributed by atoms with Crippen molar-refractivity contribution in [1.29, 1.82) is 0 Å². The van der Waals surface area contributed by atoms with Crippen LogP contribution in [-0.2, 0) is 17.8 Å². The van der Waals surface area contributed by atoms with Crippen LogP contribution in [0.2, 0.25) is 0 Å². The third-order valence-electron chi connectivity index (χ3n) is 5.05. The Morgan fingerprint density at radius 1 is 1.30 bits per heavy atom. The van der Waals surface area contributed by atoms with E-state index in [-0.39, 0.29) is 17.5 Å². The maximum absolute atomic E-state index is 13.1. The van der Waals surface area contributed by atoms with Gasteiger partial charge in [-0.25, -0.2) is 9.97 Å². The molecular weight excluding hydrogens is 344 g/mol. The van der Waals surface area contributed by atoms with Crippen LogP contribution < -0.4 is 10.5 Å². The molecule has 27 heavy (non-hydrogen) atoms. The summed E-state index contributed by atoms with van der Waals surface area (Å²) in [7, 11) is 3.64. The number of para-hydroxylation sites is 2. The van der Waals surface area contributed by atoms with Crippen LogP contribution in [0.1, 0.15) is 24.2 Å². The highest BCUT2D eigenvalue weighted by atomic mass is 16.2. The van der Waals surface area contributed by atoms with Crippen molar-refractivity contribution in [3.05, 3.63) is 52.2 Å². The summed E-state index contributed by atoms with van der Waals surface area (Å²) in [5.74, 6) is 0.499. The first-order valence-corrected chi connectivity index (χ1v) is 8.95. The van der Waals surface area contributed by atoms with E-state index in [1.54, 1.807) is 16.1 Å². The molecule has 2 aromatic heterocycles. The molecule has 8 nitrogen and oxygen atoms in total. The van der Waals surface area contributed by atoms with Crippen LogP contribution in [0.5, 0.6) is 0 Å². The number of rotatable bonds is 3. The van der Waals surface area contributed by atoms with E-state index in [0.29, 0.717) is 36.7 Å². The van der Waals surface area contributed by atoms with E-state index in [1.165, 1.54) is 0 Å². The van der Waals surface area contributed by atoms with Gasteiger partial charge in [0.2, 0.25) is 11.9 Å². The largest absolute Gasteiger partial charge is 0.348 e. The number of aromatic nitrogens is 4. The van der Waals surface area contributed by atoms with Gasteiger partial charge in [0.25, 0.3) is 5.56 Å². The summed E-state index contributed by atoms with van der Waals surface area (Å²) < 4.78 is 1.89. The van der Waals surface area contributed by atoms with Crippen LogP contribution in [0.25, 0.3) is 11.0 Å². The summed E-state index contributed by atoms with van der Waals surface area (Å²) in [5.41, 5.74) is 3.02. The number of carbonyl (C=O) groups is 1. The molecule has 140 valence electrons. The molecule has 1 N–H and O–H groups in total. The summed E-state index contributed by atoms with van der Waals surface area (Å²) in [6.45, 7) is 2.73. The second kappa shape index (κ2) is 6.53. The topological polar surface area (TPSA) is 87.1 Å². The number of nitrogens with zero attached hydrogens (tertiary/aromatic N) is 5. The lowest BCUT2D eigenvalue weighted by molar-refractivity contribution is -0.135. The number of carbonyl (C=O) groups excluding carboxylic acids is 1. The summed E-state index contributed by atoms with van der Waals surface area (Å²) in [6.07, 6.45) is 2.22. The zero-order valence-electron chi connectivity index (χ0n) is 15.6. The first kappa shape index (κ1) is 17.3. The Hall–Kier alpha value is -3.16. The minimum Gasteiger partial charge on any atom is -0.348 e. The highest BCUT2D eigenvalue weighted by Gasteiger charge is 2.28. The van der Waals surface area contributed by atoms with Gasteiger partial charge < -0.3 is 14.4 Å². The molecule has 3 aromatic rings. The standard InChI is InChI=1S/C19H22N6O2/c1-12(25-11-20-14-6-4-5-7-16(14)25)18(27)24-9-8-13-15(10-24)21-19(23(2)3)22-17(13)26/h4-7,11-12H,8-10H2,1-3H3,(H,21,22,26)/t12-/m1/s1. The van der Waals surface area contributed by atoms with Gasteiger partial charge >= 0.3 is 0 Å². The van der Waals surface area contributed by atoms with Gasteiger partial charge in [0.05, 0.1) is 29.6 Å². The molecule has 0 radical (unpaired) electrons. The highest BCUT2D eigenvalue weighted by Crippen LogP contribution is 2.22. The number of aromatic amines is 1. The fourth-order valence-electron chi connectivity index (χ4n) is 3.50. The van der Waals surface area contributed by atoms with Crippen LogP contribution in [0, 0.1) is 0 Å². The van der Waals surface area contributed by atoms with Gasteiger partial charge in [0.1, 0.15) is 6.04 Å². The second-order valence-electron chi connectivity index (χ2n) is 7.04. The van der Waals surface area contributed by atoms with Gasteiger partial charge in [0.15, 0.2) is 0 Å². The Morgan fingerprint density at radius 2 is 2.07 bits per heavy atom. The minimum atomic E-state index is -0.380. The van der Waals surface area contributed by atoms with E-state index in [2.05, 4.69) is 15.0 Å². The fourth-order valence-corrected chi connectivity index (χ4v) is 3.50. The third kappa shape index (κ3) is 2.97. The minimum absolute atomic E-state index is 0.00251. The molecule has 0 aliphatic carbocycles. The fraction of sp³-hybridized carbons (Fsp3) is 0.368. The number of hydrogen-bond donors (Lipinski definition) is 1. The van der Waals surface area contributed by atoms with Crippen LogP contribution in [0.4, 0.5) is 5.95 Å². The average molecular weight is 366 g/mol. The number of fused-ring (bicyclic) bond motifs is 2. The molecule has 0 bridgehead atoms. The first-order chi connectivity index (χ1) is 13.0. The van der Waals surface area contributed by atoms with Crippen molar-refractivity contribution in [3.8, 4) is 0 Å². The summed E-state index contributed by atoms with van der Waals surface area (Å²) in [4.78, 5) is 40.6. The number of imidazole rings is 1. The van der Waals surface area contributed by atoms with Gasteiger partial charge in [-0.05, 0) is 25.5 Å². The van der Waals surface area contributed by atoms with Crippen LogP contribution >= 0.6 is 0 Å². The number of H-pyrrole nitrogens is 1. The molecule has 1 aliphatic rings. The maximum Gasteiger partial charge on any atom is 0.255 e.